The van der Waals surface area contributed by atoms with E-state index < -0.39 is 18.6 Å². The smallest absolute Gasteiger partial charge is 0.346 e. The van der Waals surface area contributed by atoms with Gasteiger partial charge in [0.1, 0.15) is 6.67 Å². The fraction of sp³-hybridized carbons (Fsp3) is 0.111. The van der Waals surface area contributed by atoms with E-state index in [1.807, 2.05) is 0 Å². The molecule has 0 aromatic heterocycles. The van der Waals surface area contributed by atoms with E-state index in [1.54, 1.807) is 0 Å². The second-order valence-corrected chi connectivity index (χ2v) is 2.69. The summed E-state index contributed by atoms with van der Waals surface area (Å²) in [6.45, 7) is -0.658. The number of hydrogen-bond donors (Lipinski definition) is 0. The van der Waals surface area contributed by atoms with Crippen LogP contribution in [0, 0.1) is 0 Å². The maximum atomic E-state index is 12.2. The molecule has 1 aromatic rings. The van der Waals surface area contributed by atoms with Crippen molar-refractivity contribution in [3.05, 3.63) is 34.9 Å². The number of rotatable bonds is 1. The zero-order valence-electron chi connectivity index (χ0n) is 6.54. The number of ether oxygens (including phenoxy) is 1. The molecule has 0 amide bonds. The lowest BCUT2D eigenvalue weighted by Crippen LogP contribution is -1.96. The van der Waals surface area contributed by atoms with E-state index in [1.165, 1.54) is 18.2 Å². The average molecular weight is 180 g/mol. The minimum absolute atomic E-state index is 0.153. The third-order valence-electron chi connectivity index (χ3n) is 1.86. The molecule has 0 N–H and O–H groups in total. The third kappa shape index (κ3) is 1.11. The van der Waals surface area contributed by atoms with Gasteiger partial charge < -0.3 is 4.74 Å². The van der Waals surface area contributed by atoms with Gasteiger partial charge >= 0.3 is 11.9 Å². The summed E-state index contributed by atoms with van der Waals surface area (Å²) in [4.78, 5) is 21.9. The summed E-state index contributed by atoms with van der Waals surface area (Å²) < 4.78 is 16.5. The minimum atomic E-state index is -0.699. The molecule has 2 rings (SSSR count). The molecule has 0 spiro atoms. The minimum Gasteiger partial charge on any atom is -0.386 e. The van der Waals surface area contributed by atoms with Crippen LogP contribution in [-0.2, 0) is 11.4 Å². The summed E-state index contributed by atoms with van der Waals surface area (Å²) in [5.41, 5.74) is 0.729. The molecule has 1 aliphatic rings. The van der Waals surface area contributed by atoms with Crippen molar-refractivity contribution in [1.29, 1.82) is 0 Å². The van der Waals surface area contributed by atoms with E-state index in [-0.39, 0.29) is 11.1 Å². The summed E-state index contributed by atoms with van der Waals surface area (Å²) in [6.07, 6.45) is 0. The van der Waals surface area contributed by atoms with Crippen molar-refractivity contribution in [2.75, 3.05) is 0 Å². The molecule has 13 heavy (non-hydrogen) atoms. The lowest BCUT2D eigenvalue weighted by atomic mass is 10.1. The predicted molar refractivity (Wildman–Crippen MR) is 41.0 cm³/mol. The molecule has 0 saturated carbocycles. The number of carbonyl (C=O) groups excluding carboxylic acids is 2. The molecule has 0 aliphatic carbocycles. The van der Waals surface area contributed by atoms with Gasteiger partial charge in [0.05, 0.1) is 11.1 Å². The molecule has 0 radical (unpaired) electrons. The van der Waals surface area contributed by atoms with Crippen molar-refractivity contribution < 1.29 is 18.7 Å². The van der Waals surface area contributed by atoms with Gasteiger partial charge in [-0.15, -0.1) is 0 Å². The Bertz CT molecular complexity index is 398. The Hall–Kier alpha value is -1.71. The first-order valence-electron chi connectivity index (χ1n) is 3.68. The number of esters is 2. The second kappa shape index (κ2) is 2.65. The van der Waals surface area contributed by atoms with E-state index in [0.29, 0.717) is 5.56 Å². The summed E-state index contributed by atoms with van der Waals surface area (Å²) >= 11 is 0. The zero-order chi connectivity index (χ0) is 9.42. The Balaban J connectivity index is 2.58. The zero-order valence-corrected chi connectivity index (χ0v) is 6.54. The van der Waals surface area contributed by atoms with Crippen molar-refractivity contribution in [2.45, 2.75) is 6.67 Å². The highest BCUT2D eigenvalue weighted by molar-refractivity contribution is 6.14. The molecule has 0 unspecified atom stereocenters. The normalized spacial score (nSPS) is 14.2. The van der Waals surface area contributed by atoms with Crippen molar-refractivity contribution >= 4 is 11.9 Å². The number of halogens is 1. The molecule has 1 aromatic carbocycles. The summed E-state index contributed by atoms with van der Waals surface area (Å²) in [7, 11) is 0. The summed E-state index contributed by atoms with van der Waals surface area (Å²) in [5, 5.41) is 0. The van der Waals surface area contributed by atoms with E-state index in [2.05, 4.69) is 4.74 Å². The van der Waals surface area contributed by atoms with Gasteiger partial charge in [-0.05, 0) is 17.7 Å². The number of carbonyl (C=O) groups is 2. The highest BCUT2D eigenvalue weighted by Gasteiger charge is 2.29. The molecule has 0 atom stereocenters. The molecule has 0 saturated heterocycles. The molecule has 0 bridgehead atoms. The van der Waals surface area contributed by atoms with E-state index in [0.717, 1.165) is 0 Å². The number of benzene rings is 1. The van der Waals surface area contributed by atoms with Crippen LogP contribution in [0.25, 0.3) is 0 Å². The predicted octanol–water partition coefficient (Wildman–Crippen LogP) is 1.47. The number of cyclic esters (lactones) is 2. The fourth-order valence-electron chi connectivity index (χ4n) is 1.22. The highest BCUT2D eigenvalue weighted by atomic mass is 19.1. The van der Waals surface area contributed by atoms with Crippen LogP contribution in [0.1, 0.15) is 26.3 Å². The Kier molecular flexibility index (Phi) is 1.62. The van der Waals surface area contributed by atoms with Crippen molar-refractivity contribution in [1.82, 2.24) is 0 Å². The van der Waals surface area contributed by atoms with Gasteiger partial charge in [0, 0.05) is 0 Å². The summed E-state index contributed by atoms with van der Waals surface area (Å²) in [6, 6.07) is 4.19. The molecule has 0 fully saturated rings. The van der Waals surface area contributed by atoms with Gasteiger partial charge in [-0.1, -0.05) is 6.07 Å². The number of hydrogen-bond acceptors (Lipinski definition) is 3. The molecule has 4 heteroatoms. The van der Waals surface area contributed by atoms with Gasteiger partial charge in [0.15, 0.2) is 0 Å². The number of alkyl halides is 1. The topological polar surface area (TPSA) is 43.4 Å². The van der Waals surface area contributed by atoms with Crippen LogP contribution in [-0.4, -0.2) is 11.9 Å². The Morgan fingerprint density at radius 2 is 1.85 bits per heavy atom. The van der Waals surface area contributed by atoms with Crippen LogP contribution in [0.5, 0.6) is 0 Å². The number of fused-ring (bicyclic) bond motifs is 1. The lowest BCUT2D eigenvalue weighted by Gasteiger charge is -1.94. The molecular formula is C9H5FO3. The molecule has 66 valence electrons. The largest absolute Gasteiger partial charge is 0.386 e. The standard InChI is InChI=1S/C9H5FO3/c10-4-5-1-2-6-7(3-5)9(12)13-8(6)11/h1-3H,4H2. The monoisotopic (exact) mass is 180 g/mol. The first kappa shape index (κ1) is 7.91. The Morgan fingerprint density at radius 1 is 1.15 bits per heavy atom. The van der Waals surface area contributed by atoms with Crippen LogP contribution >= 0.6 is 0 Å². The second-order valence-electron chi connectivity index (χ2n) is 2.69. The molecule has 1 heterocycles. The van der Waals surface area contributed by atoms with E-state index in [9.17, 15) is 14.0 Å². The highest BCUT2D eigenvalue weighted by Crippen LogP contribution is 2.21. The summed E-state index contributed by atoms with van der Waals surface area (Å²) in [5.74, 6) is -1.36. The lowest BCUT2D eigenvalue weighted by molar-refractivity contribution is 0.0444. The molecule has 1 aliphatic heterocycles. The van der Waals surface area contributed by atoms with Crippen LogP contribution in [0.3, 0.4) is 0 Å². The fourth-order valence-corrected chi connectivity index (χ4v) is 1.22. The van der Waals surface area contributed by atoms with Gasteiger partial charge in [0.25, 0.3) is 0 Å². The van der Waals surface area contributed by atoms with Gasteiger partial charge in [0.2, 0.25) is 0 Å². The van der Waals surface area contributed by atoms with Gasteiger partial charge in [-0.25, -0.2) is 14.0 Å². The van der Waals surface area contributed by atoms with Gasteiger partial charge in [-0.2, -0.15) is 0 Å². The molecular weight excluding hydrogens is 175 g/mol. The average Bonchev–Trinajstić information content (AvgIpc) is 2.42. The van der Waals surface area contributed by atoms with E-state index >= 15 is 0 Å². The quantitative estimate of drug-likeness (QED) is 0.485. The van der Waals surface area contributed by atoms with Crippen LogP contribution in [0.2, 0.25) is 0 Å². The van der Waals surface area contributed by atoms with Crippen molar-refractivity contribution in [2.24, 2.45) is 0 Å². The van der Waals surface area contributed by atoms with Crippen LogP contribution in [0.15, 0.2) is 18.2 Å². The maximum absolute atomic E-state index is 12.2. The first-order valence-corrected chi connectivity index (χ1v) is 3.68. The maximum Gasteiger partial charge on any atom is 0.346 e. The van der Waals surface area contributed by atoms with Gasteiger partial charge in [-0.3, -0.25) is 0 Å². The molecule has 3 nitrogen and oxygen atoms in total. The SMILES string of the molecule is O=C1OC(=O)c2cc(CF)ccc21. The first-order chi connectivity index (χ1) is 6.22. The Labute approximate surface area is 73.1 Å². The Morgan fingerprint density at radius 3 is 2.54 bits per heavy atom. The van der Waals surface area contributed by atoms with Crippen LogP contribution < -0.4 is 0 Å². The van der Waals surface area contributed by atoms with E-state index in [4.69, 9.17) is 0 Å². The van der Waals surface area contributed by atoms with Crippen molar-refractivity contribution in [3.63, 3.8) is 0 Å². The third-order valence-corrected chi connectivity index (χ3v) is 1.86. The van der Waals surface area contributed by atoms with Crippen molar-refractivity contribution in [3.8, 4) is 0 Å². The van der Waals surface area contributed by atoms with Crippen LogP contribution in [0.4, 0.5) is 4.39 Å².